The van der Waals surface area contributed by atoms with Crippen LogP contribution in [0.3, 0.4) is 0 Å². The Morgan fingerprint density at radius 3 is 2.69 bits per heavy atom. The van der Waals surface area contributed by atoms with Gasteiger partial charge in [-0.3, -0.25) is 0 Å². The molecule has 0 radical (unpaired) electrons. The van der Waals surface area contributed by atoms with Crippen molar-refractivity contribution in [2.24, 2.45) is 5.73 Å². The van der Waals surface area contributed by atoms with Crippen LogP contribution in [0.5, 0.6) is 0 Å². The van der Waals surface area contributed by atoms with Crippen LogP contribution in [0.1, 0.15) is 5.56 Å². The molecule has 0 aromatic heterocycles. The Kier molecular flexibility index (Phi) is 3.63. The first-order valence-electron chi connectivity index (χ1n) is 3.91. The first-order valence-corrected chi connectivity index (χ1v) is 4.29. The quantitative estimate of drug-likeness (QED) is 0.805. The lowest BCUT2D eigenvalue weighted by atomic mass is 10.1. The highest BCUT2D eigenvalue weighted by molar-refractivity contribution is 6.30. The number of halogens is 3. The van der Waals surface area contributed by atoms with Crippen molar-refractivity contribution in [2.75, 3.05) is 6.54 Å². The Morgan fingerprint density at radius 2 is 2.15 bits per heavy atom. The molecular weight excluding hydrogens is 196 g/mol. The second-order valence-electron chi connectivity index (χ2n) is 2.79. The molecule has 13 heavy (non-hydrogen) atoms. The van der Waals surface area contributed by atoms with Crippen molar-refractivity contribution >= 4 is 11.6 Å². The van der Waals surface area contributed by atoms with Gasteiger partial charge in [-0.05, 0) is 17.7 Å². The first-order chi connectivity index (χ1) is 6.13. The Hall–Kier alpha value is -0.670. The fraction of sp³-hybridized carbons (Fsp3) is 0.333. The maximum atomic E-state index is 12.8. The minimum atomic E-state index is -1.12. The highest BCUT2D eigenvalue weighted by Gasteiger charge is 2.07. The number of benzene rings is 1. The van der Waals surface area contributed by atoms with Crippen LogP contribution in [0.15, 0.2) is 18.2 Å². The van der Waals surface area contributed by atoms with Crippen LogP contribution in [0.25, 0.3) is 0 Å². The van der Waals surface area contributed by atoms with Crippen LogP contribution >= 0.6 is 11.6 Å². The van der Waals surface area contributed by atoms with Crippen molar-refractivity contribution < 1.29 is 8.78 Å². The lowest BCUT2D eigenvalue weighted by Gasteiger charge is -2.05. The molecule has 0 saturated heterocycles. The summed E-state index contributed by atoms with van der Waals surface area (Å²) in [5.74, 6) is -0.525. The highest BCUT2D eigenvalue weighted by Crippen LogP contribution is 2.16. The van der Waals surface area contributed by atoms with Gasteiger partial charge in [0.2, 0.25) is 0 Å². The predicted octanol–water partition coefficient (Wildman–Crippen LogP) is 2.32. The zero-order chi connectivity index (χ0) is 9.84. The lowest BCUT2D eigenvalue weighted by molar-refractivity contribution is 0.340. The minimum absolute atomic E-state index is 0.0481. The average Bonchev–Trinajstić information content (AvgIpc) is 2.11. The van der Waals surface area contributed by atoms with Gasteiger partial charge in [0.05, 0.1) is 5.02 Å². The van der Waals surface area contributed by atoms with Crippen LogP contribution in [-0.4, -0.2) is 12.7 Å². The second-order valence-corrected chi connectivity index (χ2v) is 3.19. The highest BCUT2D eigenvalue weighted by atomic mass is 35.5. The smallest absolute Gasteiger partial charge is 0.142 e. The molecule has 4 heteroatoms. The summed E-state index contributed by atoms with van der Waals surface area (Å²) < 4.78 is 25.6. The van der Waals surface area contributed by atoms with E-state index in [1.54, 1.807) is 6.07 Å². The summed E-state index contributed by atoms with van der Waals surface area (Å²) in [6.45, 7) is -0.0513. The fourth-order valence-corrected chi connectivity index (χ4v) is 1.12. The number of hydrogen-bond acceptors (Lipinski definition) is 1. The molecule has 1 aromatic rings. The number of hydrogen-bond donors (Lipinski definition) is 1. The molecule has 1 aromatic carbocycles. The molecule has 1 rings (SSSR count). The molecule has 72 valence electrons. The van der Waals surface area contributed by atoms with E-state index in [-0.39, 0.29) is 18.0 Å². The summed E-state index contributed by atoms with van der Waals surface area (Å²) in [4.78, 5) is 0. The van der Waals surface area contributed by atoms with Crippen LogP contribution in [0, 0.1) is 5.82 Å². The van der Waals surface area contributed by atoms with E-state index in [1.165, 1.54) is 12.1 Å². The van der Waals surface area contributed by atoms with Crippen LogP contribution in [0.2, 0.25) is 5.02 Å². The van der Waals surface area contributed by atoms with Gasteiger partial charge in [0.15, 0.2) is 0 Å². The molecule has 0 aliphatic rings. The minimum Gasteiger partial charge on any atom is -0.328 e. The topological polar surface area (TPSA) is 26.0 Å². The molecule has 0 bridgehead atoms. The zero-order valence-electron chi connectivity index (χ0n) is 6.93. The normalized spacial score (nSPS) is 12.9. The van der Waals surface area contributed by atoms with Gasteiger partial charge in [-0.1, -0.05) is 17.7 Å². The predicted molar refractivity (Wildman–Crippen MR) is 49.1 cm³/mol. The lowest BCUT2D eigenvalue weighted by Crippen LogP contribution is -2.17. The summed E-state index contributed by atoms with van der Waals surface area (Å²) in [6, 6.07) is 4.23. The monoisotopic (exact) mass is 205 g/mol. The van der Waals surface area contributed by atoms with Gasteiger partial charge in [0.1, 0.15) is 12.0 Å². The summed E-state index contributed by atoms with van der Waals surface area (Å²) in [5, 5.41) is 0.0481. The number of nitrogens with two attached hydrogens (primary N) is 1. The van der Waals surface area contributed by atoms with Crippen molar-refractivity contribution in [2.45, 2.75) is 12.6 Å². The first kappa shape index (κ1) is 10.4. The van der Waals surface area contributed by atoms with Gasteiger partial charge in [-0.2, -0.15) is 0 Å². The van der Waals surface area contributed by atoms with E-state index in [1.807, 2.05) is 0 Å². The van der Waals surface area contributed by atoms with Gasteiger partial charge in [-0.25, -0.2) is 8.78 Å². The van der Waals surface area contributed by atoms with Crippen molar-refractivity contribution in [3.05, 3.63) is 34.6 Å². The molecule has 1 atom stereocenters. The van der Waals surface area contributed by atoms with E-state index in [0.29, 0.717) is 5.56 Å². The zero-order valence-corrected chi connectivity index (χ0v) is 7.69. The Morgan fingerprint density at radius 1 is 1.46 bits per heavy atom. The maximum absolute atomic E-state index is 12.8. The molecule has 1 nitrogen and oxygen atoms in total. The summed E-state index contributed by atoms with van der Waals surface area (Å²) in [6.07, 6.45) is -0.995. The molecule has 0 aliphatic heterocycles. The second kappa shape index (κ2) is 4.53. The molecule has 0 spiro atoms. The molecule has 2 N–H and O–H groups in total. The summed E-state index contributed by atoms with van der Waals surface area (Å²) >= 11 is 5.46. The molecule has 0 heterocycles. The largest absolute Gasteiger partial charge is 0.328 e. The SMILES string of the molecule is NCC(F)Cc1ccc(Cl)c(F)c1. The van der Waals surface area contributed by atoms with Gasteiger partial charge in [0, 0.05) is 13.0 Å². The van der Waals surface area contributed by atoms with Crippen molar-refractivity contribution in [1.82, 2.24) is 0 Å². The molecule has 0 fully saturated rings. The van der Waals surface area contributed by atoms with Crippen LogP contribution in [-0.2, 0) is 6.42 Å². The van der Waals surface area contributed by atoms with Crippen molar-refractivity contribution in [3.63, 3.8) is 0 Å². The Balaban J connectivity index is 2.73. The molecular formula is C9H10ClF2N. The molecule has 0 saturated carbocycles. The molecule has 0 amide bonds. The summed E-state index contributed by atoms with van der Waals surface area (Å²) in [5.41, 5.74) is 5.66. The third-order valence-corrected chi connectivity index (χ3v) is 2.00. The third kappa shape index (κ3) is 2.94. The molecule has 1 unspecified atom stereocenters. The number of alkyl halides is 1. The van der Waals surface area contributed by atoms with Crippen molar-refractivity contribution in [1.29, 1.82) is 0 Å². The van der Waals surface area contributed by atoms with Gasteiger partial charge in [-0.15, -0.1) is 0 Å². The van der Waals surface area contributed by atoms with Crippen LogP contribution in [0.4, 0.5) is 8.78 Å². The average molecular weight is 206 g/mol. The van der Waals surface area contributed by atoms with E-state index < -0.39 is 12.0 Å². The van der Waals surface area contributed by atoms with E-state index in [4.69, 9.17) is 17.3 Å². The van der Waals surface area contributed by atoms with E-state index in [2.05, 4.69) is 0 Å². The van der Waals surface area contributed by atoms with Crippen molar-refractivity contribution in [3.8, 4) is 0 Å². The Bertz CT molecular complexity index is 291. The van der Waals surface area contributed by atoms with Gasteiger partial charge in [0.25, 0.3) is 0 Å². The fourth-order valence-electron chi connectivity index (χ4n) is 1.01. The van der Waals surface area contributed by atoms with E-state index in [0.717, 1.165) is 0 Å². The Labute approximate surface area is 80.5 Å². The third-order valence-electron chi connectivity index (χ3n) is 1.70. The van der Waals surface area contributed by atoms with E-state index in [9.17, 15) is 8.78 Å². The summed E-state index contributed by atoms with van der Waals surface area (Å²) in [7, 11) is 0. The molecule has 0 aliphatic carbocycles. The number of rotatable bonds is 3. The van der Waals surface area contributed by atoms with Gasteiger partial charge >= 0.3 is 0 Å². The van der Waals surface area contributed by atoms with E-state index >= 15 is 0 Å². The van der Waals surface area contributed by atoms with Gasteiger partial charge < -0.3 is 5.73 Å². The van der Waals surface area contributed by atoms with Crippen LogP contribution < -0.4 is 5.73 Å². The standard InChI is InChI=1S/C9H10ClF2N/c10-8-2-1-6(4-9(8)12)3-7(11)5-13/h1-2,4,7H,3,5,13H2. The maximum Gasteiger partial charge on any atom is 0.142 e.